The molecule has 0 radical (unpaired) electrons. The van der Waals surface area contributed by atoms with Gasteiger partial charge in [0.2, 0.25) is 11.8 Å². The van der Waals surface area contributed by atoms with E-state index in [1.165, 1.54) is 6.92 Å². The summed E-state index contributed by atoms with van der Waals surface area (Å²) in [5.41, 5.74) is 1.24. The maximum Gasteiger partial charge on any atom is 0.228 e. The van der Waals surface area contributed by atoms with Crippen LogP contribution in [0.3, 0.4) is 0 Å². The van der Waals surface area contributed by atoms with E-state index in [0.717, 1.165) is 32.8 Å². The number of anilines is 1. The molecule has 1 saturated carbocycles. The standard InChI is InChI=1S/C19H25N3O4/c1-13(23)14-2-4-15(5-3-14)21-19(25)17-12-16(17)18(24)20-6-7-22-8-10-26-11-9-22/h2-5,16-17H,6-12H2,1H3,(H,20,24)(H,21,25). The number of ketones is 1. The molecule has 2 unspecified atom stereocenters. The highest BCUT2D eigenvalue weighted by Crippen LogP contribution is 2.39. The highest BCUT2D eigenvalue weighted by atomic mass is 16.5. The van der Waals surface area contributed by atoms with Crippen molar-refractivity contribution in [3.63, 3.8) is 0 Å². The second-order valence-corrected chi connectivity index (χ2v) is 6.82. The van der Waals surface area contributed by atoms with Gasteiger partial charge in [0.1, 0.15) is 0 Å². The molecule has 2 aliphatic rings. The van der Waals surface area contributed by atoms with Crippen molar-refractivity contribution < 1.29 is 19.1 Å². The number of hydrogen-bond acceptors (Lipinski definition) is 5. The number of amides is 2. The minimum atomic E-state index is -0.272. The molecular weight excluding hydrogens is 334 g/mol. The number of carbonyl (C=O) groups is 3. The number of nitrogens with zero attached hydrogens (tertiary/aromatic N) is 1. The molecule has 1 aliphatic heterocycles. The zero-order valence-electron chi connectivity index (χ0n) is 15.0. The Labute approximate surface area is 153 Å². The predicted octanol–water partition coefficient (Wildman–Crippen LogP) is 0.912. The summed E-state index contributed by atoms with van der Waals surface area (Å²) in [6.45, 7) is 6.18. The summed E-state index contributed by atoms with van der Waals surface area (Å²) in [5, 5.41) is 5.73. The molecule has 140 valence electrons. The number of Topliss-reactive ketones (excluding diaryl/α,β-unsaturated/α-hetero) is 1. The number of rotatable bonds is 7. The van der Waals surface area contributed by atoms with Gasteiger partial charge in [-0.15, -0.1) is 0 Å². The van der Waals surface area contributed by atoms with Crippen LogP contribution in [0.25, 0.3) is 0 Å². The van der Waals surface area contributed by atoms with E-state index in [9.17, 15) is 14.4 Å². The average molecular weight is 359 g/mol. The minimum absolute atomic E-state index is 0.0149. The summed E-state index contributed by atoms with van der Waals surface area (Å²) in [6.07, 6.45) is 0.584. The van der Waals surface area contributed by atoms with Gasteiger partial charge in [-0.2, -0.15) is 0 Å². The van der Waals surface area contributed by atoms with Crippen molar-refractivity contribution in [1.82, 2.24) is 10.2 Å². The number of hydrogen-bond donors (Lipinski definition) is 2. The van der Waals surface area contributed by atoms with E-state index in [1.807, 2.05) is 0 Å². The van der Waals surface area contributed by atoms with Gasteiger partial charge in [0, 0.05) is 37.4 Å². The van der Waals surface area contributed by atoms with Crippen LogP contribution in [0.4, 0.5) is 5.69 Å². The van der Waals surface area contributed by atoms with E-state index in [0.29, 0.717) is 24.2 Å². The lowest BCUT2D eigenvalue weighted by Crippen LogP contribution is -2.41. The second-order valence-electron chi connectivity index (χ2n) is 6.82. The van der Waals surface area contributed by atoms with Gasteiger partial charge in [-0.1, -0.05) is 0 Å². The number of ether oxygens (including phenoxy) is 1. The molecule has 2 amide bonds. The van der Waals surface area contributed by atoms with Gasteiger partial charge in [-0.25, -0.2) is 0 Å². The van der Waals surface area contributed by atoms with Crippen LogP contribution in [0.2, 0.25) is 0 Å². The fraction of sp³-hybridized carbons (Fsp3) is 0.526. The third kappa shape index (κ3) is 4.89. The molecule has 2 fully saturated rings. The predicted molar refractivity (Wildman–Crippen MR) is 96.9 cm³/mol. The maximum absolute atomic E-state index is 12.2. The fourth-order valence-corrected chi connectivity index (χ4v) is 3.09. The monoisotopic (exact) mass is 359 g/mol. The van der Waals surface area contributed by atoms with Gasteiger partial charge in [0.25, 0.3) is 0 Å². The van der Waals surface area contributed by atoms with Crippen LogP contribution in [0.1, 0.15) is 23.7 Å². The first-order valence-corrected chi connectivity index (χ1v) is 9.04. The van der Waals surface area contributed by atoms with Crippen molar-refractivity contribution in [2.75, 3.05) is 44.7 Å². The normalized spacial score (nSPS) is 22.5. The molecule has 1 aromatic carbocycles. The van der Waals surface area contributed by atoms with Crippen LogP contribution in [0.15, 0.2) is 24.3 Å². The van der Waals surface area contributed by atoms with E-state index >= 15 is 0 Å². The lowest BCUT2D eigenvalue weighted by atomic mass is 10.1. The van der Waals surface area contributed by atoms with Crippen LogP contribution in [0, 0.1) is 11.8 Å². The molecular formula is C19H25N3O4. The number of benzene rings is 1. The van der Waals surface area contributed by atoms with Gasteiger partial charge in [-0.05, 0) is 37.6 Å². The summed E-state index contributed by atoms with van der Waals surface area (Å²) in [4.78, 5) is 37.9. The Morgan fingerprint density at radius 3 is 2.38 bits per heavy atom. The van der Waals surface area contributed by atoms with Gasteiger partial charge in [0.15, 0.2) is 5.78 Å². The van der Waals surface area contributed by atoms with E-state index < -0.39 is 0 Å². The largest absolute Gasteiger partial charge is 0.379 e. The Bertz CT molecular complexity index is 668. The zero-order chi connectivity index (χ0) is 18.5. The van der Waals surface area contributed by atoms with Crippen molar-refractivity contribution >= 4 is 23.3 Å². The fourth-order valence-electron chi connectivity index (χ4n) is 3.09. The topological polar surface area (TPSA) is 87.7 Å². The second kappa shape index (κ2) is 8.42. The molecule has 2 N–H and O–H groups in total. The van der Waals surface area contributed by atoms with Crippen LogP contribution >= 0.6 is 0 Å². The van der Waals surface area contributed by atoms with Crippen molar-refractivity contribution in [1.29, 1.82) is 0 Å². The summed E-state index contributed by atoms with van der Waals surface area (Å²) >= 11 is 0. The first-order valence-electron chi connectivity index (χ1n) is 9.04. The molecule has 1 aliphatic carbocycles. The van der Waals surface area contributed by atoms with Crippen molar-refractivity contribution in [3.05, 3.63) is 29.8 Å². The van der Waals surface area contributed by atoms with Gasteiger partial charge >= 0.3 is 0 Å². The molecule has 1 saturated heterocycles. The zero-order valence-corrected chi connectivity index (χ0v) is 15.0. The quantitative estimate of drug-likeness (QED) is 0.707. The summed E-state index contributed by atoms with van der Waals surface area (Å²) < 4.78 is 5.29. The van der Waals surface area contributed by atoms with E-state index in [1.54, 1.807) is 24.3 Å². The molecule has 26 heavy (non-hydrogen) atoms. The number of carbonyl (C=O) groups excluding carboxylic acids is 3. The molecule has 0 bridgehead atoms. The van der Waals surface area contributed by atoms with Gasteiger partial charge < -0.3 is 15.4 Å². The summed E-state index contributed by atoms with van der Waals surface area (Å²) in [5.74, 6) is -0.722. The highest BCUT2D eigenvalue weighted by molar-refractivity contribution is 6.00. The highest BCUT2D eigenvalue weighted by Gasteiger charge is 2.47. The van der Waals surface area contributed by atoms with Crippen molar-refractivity contribution in [2.24, 2.45) is 11.8 Å². The molecule has 0 aromatic heterocycles. The molecule has 0 spiro atoms. The Hall–Kier alpha value is -2.25. The van der Waals surface area contributed by atoms with Crippen LogP contribution in [-0.4, -0.2) is 61.9 Å². The van der Waals surface area contributed by atoms with Gasteiger partial charge in [0.05, 0.1) is 25.0 Å². The molecule has 1 aromatic rings. The first-order chi connectivity index (χ1) is 12.5. The van der Waals surface area contributed by atoms with Crippen molar-refractivity contribution in [2.45, 2.75) is 13.3 Å². The third-order valence-corrected chi connectivity index (χ3v) is 4.85. The lowest BCUT2D eigenvalue weighted by Gasteiger charge is -2.26. The molecule has 7 nitrogen and oxygen atoms in total. The minimum Gasteiger partial charge on any atom is -0.379 e. The smallest absolute Gasteiger partial charge is 0.228 e. The Morgan fingerprint density at radius 2 is 1.73 bits per heavy atom. The molecule has 2 atom stereocenters. The Balaban J connectivity index is 1.38. The number of morpholine rings is 1. The van der Waals surface area contributed by atoms with E-state index in [2.05, 4.69) is 15.5 Å². The van der Waals surface area contributed by atoms with Crippen LogP contribution in [0.5, 0.6) is 0 Å². The maximum atomic E-state index is 12.2. The number of nitrogens with one attached hydrogen (secondary N) is 2. The Morgan fingerprint density at radius 1 is 1.08 bits per heavy atom. The van der Waals surface area contributed by atoms with Gasteiger partial charge in [-0.3, -0.25) is 19.3 Å². The summed E-state index contributed by atoms with van der Waals surface area (Å²) in [7, 11) is 0. The van der Waals surface area contributed by atoms with E-state index in [4.69, 9.17) is 4.74 Å². The summed E-state index contributed by atoms with van der Waals surface area (Å²) in [6, 6.07) is 6.77. The average Bonchev–Trinajstić information content (AvgIpc) is 3.44. The van der Waals surface area contributed by atoms with Crippen LogP contribution < -0.4 is 10.6 Å². The van der Waals surface area contributed by atoms with Crippen molar-refractivity contribution in [3.8, 4) is 0 Å². The SMILES string of the molecule is CC(=O)c1ccc(NC(=O)C2CC2C(=O)NCCN2CCOCC2)cc1. The molecule has 7 heteroatoms. The molecule has 3 rings (SSSR count). The molecule has 1 heterocycles. The Kier molecular flexibility index (Phi) is 6.00. The lowest BCUT2D eigenvalue weighted by molar-refractivity contribution is -0.125. The third-order valence-electron chi connectivity index (χ3n) is 4.85. The van der Waals surface area contributed by atoms with Crippen LogP contribution in [-0.2, 0) is 14.3 Å². The van der Waals surface area contributed by atoms with E-state index in [-0.39, 0.29) is 29.4 Å². The first kappa shape index (κ1) is 18.5.